The zero-order chi connectivity index (χ0) is 13.6. The number of likely N-dealkylation sites (tertiary alicyclic amines) is 1. The normalized spacial score (nSPS) is 33.4. The predicted molar refractivity (Wildman–Crippen MR) is 71.2 cm³/mol. The Hall–Kier alpha value is -0.770. The molecular weight excluding hydrogens is 228 g/mol. The Balaban J connectivity index is 1.94. The first-order chi connectivity index (χ1) is 8.23. The molecule has 0 radical (unpaired) electrons. The summed E-state index contributed by atoms with van der Waals surface area (Å²) >= 11 is 0. The summed E-state index contributed by atoms with van der Waals surface area (Å²) in [6, 6.07) is 0.239. The van der Waals surface area contributed by atoms with Gasteiger partial charge in [0.05, 0.1) is 0 Å². The van der Waals surface area contributed by atoms with Gasteiger partial charge >= 0.3 is 6.09 Å². The maximum atomic E-state index is 12.1. The van der Waals surface area contributed by atoms with E-state index in [0.717, 1.165) is 19.5 Å². The van der Waals surface area contributed by atoms with Crippen molar-refractivity contribution in [3.63, 3.8) is 0 Å². The maximum absolute atomic E-state index is 12.1. The van der Waals surface area contributed by atoms with Crippen LogP contribution in [0.4, 0.5) is 4.79 Å². The van der Waals surface area contributed by atoms with E-state index in [1.165, 1.54) is 12.8 Å². The number of carbonyl (C=O) groups excluding carboxylic acids is 1. The van der Waals surface area contributed by atoms with Crippen molar-refractivity contribution >= 4 is 6.09 Å². The van der Waals surface area contributed by atoms with Crippen molar-refractivity contribution < 1.29 is 9.53 Å². The zero-order valence-corrected chi connectivity index (χ0v) is 12.0. The molecule has 1 saturated carbocycles. The van der Waals surface area contributed by atoms with Crippen LogP contribution in [-0.2, 0) is 4.74 Å². The van der Waals surface area contributed by atoms with Gasteiger partial charge in [-0.3, -0.25) is 0 Å². The third-order valence-electron chi connectivity index (χ3n) is 4.15. The maximum Gasteiger partial charge on any atom is 0.410 e. The van der Waals surface area contributed by atoms with Gasteiger partial charge in [0.15, 0.2) is 0 Å². The molecule has 1 aliphatic heterocycles. The van der Waals surface area contributed by atoms with Crippen molar-refractivity contribution in [2.24, 2.45) is 17.1 Å². The van der Waals surface area contributed by atoms with Crippen molar-refractivity contribution in [3.8, 4) is 0 Å². The molecular formula is C14H26N2O2. The lowest BCUT2D eigenvalue weighted by Gasteiger charge is -2.35. The average molecular weight is 254 g/mol. The Morgan fingerprint density at radius 2 is 2.17 bits per heavy atom. The van der Waals surface area contributed by atoms with E-state index in [9.17, 15) is 4.79 Å². The highest BCUT2D eigenvalue weighted by atomic mass is 16.6. The predicted octanol–water partition coefficient (Wildman–Crippen LogP) is 2.37. The van der Waals surface area contributed by atoms with Crippen LogP contribution in [0.15, 0.2) is 0 Å². The summed E-state index contributed by atoms with van der Waals surface area (Å²) in [6.45, 7) is 9.45. The van der Waals surface area contributed by atoms with Gasteiger partial charge in [-0.25, -0.2) is 4.79 Å². The molecule has 1 spiro atoms. The Bertz CT molecular complexity index is 335. The number of nitrogens with zero attached hydrogens (tertiary/aromatic N) is 1. The van der Waals surface area contributed by atoms with Crippen molar-refractivity contribution in [2.45, 2.75) is 58.6 Å². The Morgan fingerprint density at radius 3 is 2.67 bits per heavy atom. The Morgan fingerprint density at radius 1 is 1.50 bits per heavy atom. The van der Waals surface area contributed by atoms with Gasteiger partial charge in [-0.1, -0.05) is 0 Å². The molecule has 104 valence electrons. The Labute approximate surface area is 110 Å². The molecule has 4 nitrogen and oxygen atoms in total. The molecule has 1 saturated heterocycles. The van der Waals surface area contributed by atoms with E-state index in [1.807, 2.05) is 25.7 Å². The number of ether oxygens (including phenoxy) is 1. The fourth-order valence-corrected chi connectivity index (χ4v) is 3.23. The molecule has 1 amide bonds. The van der Waals surface area contributed by atoms with Gasteiger partial charge in [-0.2, -0.15) is 0 Å². The first kappa shape index (κ1) is 13.7. The zero-order valence-electron chi connectivity index (χ0n) is 12.0. The minimum absolute atomic E-state index is 0.170. The summed E-state index contributed by atoms with van der Waals surface area (Å²) in [7, 11) is 0. The minimum Gasteiger partial charge on any atom is -0.444 e. The largest absolute Gasteiger partial charge is 0.444 e. The smallest absolute Gasteiger partial charge is 0.410 e. The monoisotopic (exact) mass is 254 g/mol. The summed E-state index contributed by atoms with van der Waals surface area (Å²) in [5.74, 6) is 0.586. The van der Waals surface area contributed by atoms with Crippen LogP contribution in [0.5, 0.6) is 0 Å². The second-order valence-electron chi connectivity index (χ2n) is 7.04. The van der Waals surface area contributed by atoms with E-state index in [1.54, 1.807) is 0 Å². The first-order valence-corrected chi connectivity index (χ1v) is 6.97. The standard InChI is InChI=1S/C14H26N2O2/c1-10(15)11-8-14(11)6-5-7-16(9-14)12(17)18-13(2,3)4/h10-11H,5-9,15H2,1-4H3. The summed E-state index contributed by atoms with van der Waals surface area (Å²) < 4.78 is 5.45. The molecule has 2 fully saturated rings. The van der Waals surface area contributed by atoms with Crippen LogP contribution in [0, 0.1) is 11.3 Å². The van der Waals surface area contributed by atoms with Crippen molar-refractivity contribution in [3.05, 3.63) is 0 Å². The molecule has 2 aliphatic rings. The van der Waals surface area contributed by atoms with E-state index < -0.39 is 5.60 Å². The quantitative estimate of drug-likeness (QED) is 0.781. The van der Waals surface area contributed by atoms with Crippen molar-refractivity contribution in [1.29, 1.82) is 0 Å². The molecule has 1 aliphatic carbocycles. The number of hydrogen-bond donors (Lipinski definition) is 1. The lowest BCUT2D eigenvalue weighted by molar-refractivity contribution is 0.0134. The molecule has 18 heavy (non-hydrogen) atoms. The number of nitrogens with two attached hydrogens (primary N) is 1. The highest BCUT2D eigenvalue weighted by Gasteiger charge is 2.57. The molecule has 0 aromatic heterocycles. The van der Waals surface area contributed by atoms with E-state index in [4.69, 9.17) is 10.5 Å². The number of rotatable bonds is 1. The minimum atomic E-state index is -0.411. The molecule has 0 bridgehead atoms. The van der Waals surface area contributed by atoms with E-state index >= 15 is 0 Å². The van der Waals surface area contributed by atoms with E-state index in [-0.39, 0.29) is 12.1 Å². The van der Waals surface area contributed by atoms with Crippen LogP contribution in [0.2, 0.25) is 0 Å². The molecule has 3 atom stereocenters. The molecule has 3 unspecified atom stereocenters. The molecule has 4 heteroatoms. The number of amides is 1. The summed E-state index contributed by atoms with van der Waals surface area (Å²) in [6.07, 6.45) is 3.28. The van der Waals surface area contributed by atoms with Crippen LogP contribution in [0.25, 0.3) is 0 Å². The van der Waals surface area contributed by atoms with Crippen molar-refractivity contribution in [1.82, 2.24) is 4.90 Å². The molecule has 0 aromatic rings. The fourth-order valence-electron chi connectivity index (χ4n) is 3.23. The van der Waals surface area contributed by atoms with Gasteiger partial charge in [-0.05, 0) is 58.3 Å². The van der Waals surface area contributed by atoms with Crippen LogP contribution < -0.4 is 5.73 Å². The highest BCUT2D eigenvalue weighted by molar-refractivity contribution is 5.68. The number of piperidine rings is 1. The van der Waals surface area contributed by atoms with Gasteiger partial charge in [0.25, 0.3) is 0 Å². The summed E-state index contributed by atoms with van der Waals surface area (Å²) in [5.41, 5.74) is 5.88. The van der Waals surface area contributed by atoms with Crippen LogP contribution in [0.1, 0.15) is 47.0 Å². The van der Waals surface area contributed by atoms with Crippen LogP contribution >= 0.6 is 0 Å². The van der Waals surface area contributed by atoms with Gasteiger partial charge < -0.3 is 15.4 Å². The van der Waals surface area contributed by atoms with Gasteiger partial charge in [0, 0.05) is 19.1 Å². The molecule has 0 aromatic carbocycles. The second kappa shape index (κ2) is 4.41. The summed E-state index contributed by atoms with van der Waals surface area (Å²) in [4.78, 5) is 14.0. The number of hydrogen-bond acceptors (Lipinski definition) is 3. The van der Waals surface area contributed by atoms with Gasteiger partial charge in [0.1, 0.15) is 5.60 Å². The Kier molecular flexibility index (Phi) is 3.34. The average Bonchev–Trinajstić information content (AvgIpc) is 2.90. The van der Waals surface area contributed by atoms with Crippen LogP contribution in [-0.4, -0.2) is 35.7 Å². The first-order valence-electron chi connectivity index (χ1n) is 6.97. The SMILES string of the molecule is CC(N)C1CC12CCCN(C(=O)OC(C)(C)C)C2. The molecule has 2 N–H and O–H groups in total. The summed E-state index contributed by atoms with van der Waals surface area (Å²) in [5, 5.41) is 0. The molecule has 2 rings (SSSR count). The topological polar surface area (TPSA) is 55.6 Å². The van der Waals surface area contributed by atoms with Crippen LogP contribution in [0.3, 0.4) is 0 Å². The fraction of sp³-hybridized carbons (Fsp3) is 0.929. The lowest BCUT2D eigenvalue weighted by atomic mass is 9.91. The van der Waals surface area contributed by atoms with Gasteiger partial charge in [-0.15, -0.1) is 0 Å². The number of carbonyl (C=O) groups is 1. The third-order valence-corrected chi connectivity index (χ3v) is 4.15. The second-order valence-corrected chi connectivity index (χ2v) is 7.04. The van der Waals surface area contributed by atoms with E-state index in [2.05, 4.69) is 6.92 Å². The highest BCUT2D eigenvalue weighted by Crippen LogP contribution is 2.59. The third kappa shape index (κ3) is 2.79. The van der Waals surface area contributed by atoms with Crippen molar-refractivity contribution in [2.75, 3.05) is 13.1 Å². The van der Waals surface area contributed by atoms with Gasteiger partial charge in [0.2, 0.25) is 0 Å². The van der Waals surface area contributed by atoms with E-state index in [0.29, 0.717) is 11.3 Å². The lowest BCUT2D eigenvalue weighted by Crippen LogP contribution is -2.44. The molecule has 1 heterocycles.